The van der Waals surface area contributed by atoms with E-state index in [0.29, 0.717) is 26.1 Å². The summed E-state index contributed by atoms with van der Waals surface area (Å²) in [6, 6.07) is 3.56. The Morgan fingerprint density at radius 3 is 2.55 bits per heavy atom. The van der Waals surface area contributed by atoms with E-state index in [1.54, 1.807) is 0 Å². The number of anilines is 2. The molecule has 0 radical (unpaired) electrons. The number of ether oxygens (including phenoxy) is 1. The topological polar surface area (TPSA) is 67.5 Å². The Labute approximate surface area is 114 Å². The lowest BCUT2D eigenvalue weighted by molar-refractivity contribution is -0.137. The molecule has 0 amide bonds. The predicted molar refractivity (Wildman–Crippen MR) is 69.3 cm³/mol. The van der Waals surface area contributed by atoms with Gasteiger partial charge in [-0.2, -0.15) is 13.2 Å². The fourth-order valence-electron chi connectivity index (χ4n) is 2.14. The van der Waals surface area contributed by atoms with Crippen molar-refractivity contribution in [2.75, 3.05) is 30.8 Å². The molecule has 0 saturated carbocycles. The molecule has 0 unspecified atom stereocenters. The summed E-state index contributed by atoms with van der Waals surface area (Å²) in [7, 11) is 0. The van der Waals surface area contributed by atoms with Crippen molar-refractivity contribution in [3.05, 3.63) is 23.8 Å². The van der Waals surface area contributed by atoms with Gasteiger partial charge in [0.25, 0.3) is 0 Å². The number of rotatable bonds is 3. The number of hydrogen-bond acceptors (Lipinski definition) is 4. The third kappa shape index (κ3) is 3.55. The summed E-state index contributed by atoms with van der Waals surface area (Å²) in [4.78, 5) is 0. The van der Waals surface area contributed by atoms with Crippen LogP contribution < -0.4 is 11.1 Å². The maximum atomic E-state index is 12.9. The van der Waals surface area contributed by atoms with Crippen molar-refractivity contribution in [1.82, 2.24) is 0 Å². The molecule has 7 heteroatoms. The van der Waals surface area contributed by atoms with E-state index in [2.05, 4.69) is 5.32 Å². The Hall–Kier alpha value is -1.47. The summed E-state index contributed by atoms with van der Waals surface area (Å²) in [5.74, 6) is 0. The van der Waals surface area contributed by atoms with Crippen molar-refractivity contribution in [3.63, 3.8) is 0 Å². The summed E-state index contributed by atoms with van der Waals surface area (Å²) in [5.41, 5.74) is 3.50. The number of alkyl halides is 3. The molecule has 20 heavy (non-hydrogen) atoms. The second-order valence-electron chi connectivity index (χ2n) is 4.99. The van der Waals surface area contributed by atoms with Gasteiger partial charge in [0.1, 0.15) is 0 Å². The molecule has 0 atom stereocenters. The van der Waals surface area contributed by atoms with E-state index >= 15 is 0 Å². The largest absolute Gasteiger partial charge is 0.418 e. The molecule has 0 aromatic heterocycles. The maximum absolute atomic E-state index is 12.9. The van der Waals surface area contributed by atoms with Gasteiger partial charge in [0.05, 0.1) is 11.2 Å². The zero-order valence-corrected chi connectivity index (χ0v) is 10.8. The van der Waals surface area contributed by atoms with Crippen molar-refractivity contribution >= 4 is 11.4 Å². The Kier molecular flexibility index (Phi) is 4.10. The third-order valence-electron chi connectivity index (χ3n) is 3.38. The third-order valence-corrected chi connectivity index (χ3v) is 3.38. The molecule has 2 rings (SSSR count). The van der Waals surface area contributed by atoms with Crippen LogP contribution in [-0.2, 0) is 10.9 Å². The van der Waals surface area contributed by atoms with Crippen LogP contribution >= 0.6 is 0 Å². The van der Waals surface area contributed by atoms with Crippen molar-refractivity contribution in [1.29, 1.82) is 0 Å². The van der Waals surface area contributed by atoms with Crippen LogP contribution in [0, 0.1) is 0 Å². The lowest BCUT2D eigenvalue weighted by atomic mass is 9.94. The predicted octanol–water partition coefficient (Wildman–Crippen LogP) is 2.24. The summed E-state index contributed by atoms with van der Waals surface area (Å²) in [6.45, 7) is 0.863. The SMILES string of the molecule is Nc1ccc(NCC2(O)CCOCC2)c(C(F)(F)F)c1. The van der Waals surface area contributed by atoms with E-state index in [1.165, 1.54) is 12.1 Å². The van der Waals surface area contributed by atoms with Gasteiger partial charge in [-0.15, -0.1) is 0 Å². The molecule has 4 N–H and O–H groups in total. The zero-order chi connectivity index (χ0) is 14.8. The summed E-state index contributed by atoms with van der Waals surface area (Å²) >= 11 is 0. The molecule has 1 heterocycles. The van der Waals surface area contributed by atoms with Gasteiger partial charge in [0.15, 0.2) is 0 Å². The lowest BCUT2D eigenvalue weighted by Crippen LogP contribution is -2.42. The van der Waals surface area contributed by atoms with E-state index in [9.17, 15) is 18.3 Å². The highest BCUT2D eigenvalue weighted by molar-refractivity contribution is 5.59. The highest BCUT2D eigenvalue weighted by Crippen LogP contribution is 2.36. The normalized spacial score (nSPS) is 18.8. The highest BCUT2D eigenvalue weighted by Gasteiger charge is 2.35. The number of nitrogens with one attached hydrogen (secondary N) is 1. The van der Waals surface area contributed by atoms with Gasteiger partial charge in [-0.3, -0.25) is 0 Å². The highest BCUT2D eigenvalue weighted by atomic mass is 19.4. The first kappa shape index (κ1) is 14.9. The number of halogens is 3. The van der Waals surface area contributed by atoms with E-state index in [1.807, 2.05) is 0 Å². The maximum Gasteiger partial charge on any atom is 0.418 e. The number of hydrogen-bond donors (Lipinski definition) is 3. The molecule has 112 valence electrons. The smallest absolute Gasteiger partial charge is 0.399 e. The van der Waals surface area contributed by atoms with E-state index in [0.717, 1.165) is 6.07 Å². The first-order valence-electron chi connectivity index (χ1n) is 6.31. The second-order valence-corrected chi connectivity index (χ2v) is 4.99. The van der Waals surface area contributed by atoms with Crippen LogP contribution in [0.3, 0.4) is 0 Å². The molecule has 0 aliphatic carbocycles. The van der Waals surface area contributed by atoms with Crippen LogP contribution in [0.15, 0.2) is 18.2 Å². The van der Waals surface area contributed by atoms with Crippen LogP contribution in [0.5, 0.6) is 0 Å². The monoisotopic (exact) mass is 290 g/mol. The molecule has 1 aliphatic heterocycles. The van der Waals surface area contributed by atoms with Crippen molar-refractivity contribution in [3.8, 4) is 0 Å². The molecular weight excluding hydrogens is 273 g/mol. The number of aliphatic hydroxyl groups is 1. The Morgan fingerprint density at radius 2 is 1.95 bits per heavy atom. The quantitative estimate of drug-likeness (QED) is 0.747. The van der Waals surface area contributed by atoms with Crippen LogP contribution in [0.25, 0.3) is 0 Å². The molecule has 1 aliphatic rings. The molecule has 1 fully saturated rings. The first-order chi connectivity index (χ1) is 9.30. The van der Waals surface area contributed by atoms with Crippen molar-refractivity contribution in [2.45, 2.75) is 24.6 Å². The molecule has 1 aromatic carbocycles. The molecule has 0 bridgehead atoms. The number of benzene rings is 1. The van der Waals surface area contributed by atoms with E-state index < -0.39 is 17.3 Å². The number of nitrogens with two attached hydrogens (primary N) is 1. The van der Waals surface area contributed by atoms with Crippen LogP contribution in [0.4, 0.5) is 24.5 Å². The molecular formula is C13H17F3N2O2. The fraction of sp³-hybridized carbons (Fsp3) is 0.538. The van der Waals surface area contributed by atoms with Gasteiger partial charge in [0, 0.05) is 44.0 Å². The van der Waals surface area contributed by atoms with E-state index in [-0.39, 0.29) is 17.9 Å². The Balaban J connectivity index is 2.13. The van der Waals surface area contributed by atoms with Crippen molar-refractivity contribution < 1.29 is 23.0 Å². The first-order valence-corrected chi connectivity index (χ1v) is 6.31. The summed E-state index contributed by atoms with van der Waals surface area (Å²) in [5, 5.41) is 12.9. The molecule has 1 saturated heterocycles. The van der Waals surface area contributed by atoms with Crippen LogP contribution in [0.2, 0.25) is 0 Å². The average Bonchev–Trinajstić information content (AvgIpc) is 2.37. The lowest BCUT2D eigenvalue weighted by Gasteiger charge is -2.32. The minimum Gasteiger partial charge on any atom is -0.399 e. The standard InChI is InChI=1S/C13H17F3N2O2/c14-13(15,16)10-7-9(17)1-2-11(10)18-8-12(19)3-5-20-6-4-12/h1-2,7,18-19H,3-6,8,17H2. The molecule has 1 aromatic rings. The number of nitrogen functional groups attached to an aromatic ring is 1. The minimum atomic E-state index is -4.49. The van der Waals surface area contributed by atoms with Gasteiger partial charge in [-0.05, 0) is 18.2 Å². The van der Waals surface area contributed by atoms with Crippen LogP contribution in [-0.4, -0.2) is 30.5 Å². The van der Waals surface area contributed by atoms with Gasteiger partial charge in [0.2, 0.25) is 0 Å². The summed E-state index contributed by atoms with van der Waals surface area (Å²) < 4.78 is 43.9. The zero-order valence-electron chi connectivity index (χ0n) is 10.8. The molecule has 4 nitrogen and oxygen atoms in total. The fourth-order valence-corrected chi connectivity index (χ4v) is 2.14. The Bertz CT molecular complexity index is 471. The van der Waals surface area contributed by atoms with Crippen molar-refractivity contribution in [2.24, 2.45) is 0 Å². The Morgan fingerprint density at radius 1 is 1.30 bits per heavy atom. The summed E-state index contributed by atoms with van der Waals surface area (Å²) in [6.07, 6.45) is -3.69. The van der Waals surface area contributed by atoms with Gasteiger partial charge in [-0.25, -0.2) is 0 Å². The van der Waals surface area contributed by atoms with E-state index in [4.69, 9.17) is 10.5 Å². The molecule has 0 spiro atoms. The second kappa shape index (κ2) is 5.49. The van der Waals surface area contributed by atoms with Gasteiger partial charge >= 0.3 is 6.18 Å². The van der Waals surface area contributed by atoms with Gasteiger partial charge < -0.3 is 20.9 Å². The minimum absolute atomic E-state index is 0.0450. The van der Waals surface area contributed by atoms with Gasteiger partial charge in [-0.1, -0.05) is 0 Å². The van der Waals surface area contributed by atoms with Crippen LogP contribution in [0.1, 0.15) is 18.4 Å². The average molecular weight is 290 g/mol.